The second-order valence-corrected chi connectivity index (χ2v) is 9.49. The van der Waals surface area contributed by atoms with E-state index in [0.29, 0.717) is 18.4 Å². The average Bonchev–Trinajstić information content (AvgIpc) is 2.70. The van der Waals surface area contributed by atoms with Gasteiger partial charge < -0.3 is 15.4 Å². The number of nitrogens with zero attached hydrogens (tertiary/aromatic N) is 1. The van der Waals surface area contributed by atoms with Gasteiger partial charge in [-0.05, 0) is 49.9 Å². The Hall–Kier alpha value is -1.84. The van der Waals surface area contributed by atoms with Crippen LogP contribution in [-0.2, 0) is 10.0 Å². The minimum absolute atomic E-state index is 0.0263. The lowest BCUT2D eigenvalue weighted by Gasteiger charge is -2.32. The third-order valence-corrected chi connectivity index (χ3v) is 6.62. The van der Waals surface area contributed by atoms with E-state index in [1.54, 1.807) is 12.1 Å². The van der Waals surface area contributed by atoms with E-state index >= 15 is 0 Å². The van der Waals surface area contributed by atoms with Crippen LogP contribution in [-0.4, -0.2) is 57.7 Å². The van der Waals surface area contributed by atoms with Gasteiger partial charge in [0.05, 0.1) is 4.90 Å². The zero-order chi connectivity index (χ0) is 20.7. The van der Waals surface area contributed by atoms with Gasteiger partial charge in [-0.3, -0.25) is 4.90 Å². The minimum atomic E-state index is -3.68. The monoisotopic (exact) mass is 424 g/mol. The van der Waals surface area contributed by atoms with Gasteiger partial charge in [0.2, 0.25) is 10.0 Å². The van der Waals surface area contributed by atoms with E-state index < -0.39 is 10.0 Å². The summed E-state index contributed by atoms with van der Waals surface area (Å²) in [4.78, 5) is 14.6. The number of ether oxygens (including phenoxy) is 1. The first kappa shape index (κ1) is 21.9. The van der Waals surface area contributed by atoms with Crippen LogP contribution in [0, 0.1) is 0 Å². The summed E-state index contributed by atoms with van der Waals surface area (Å²) in [5.41, 5.74) is 0. The SMILES string of the molecule is NS(=O)(=O)c1ccc(OCCN2CCC(NC(=O)NC3CCCCC3)CC2)cc1. The lowest BCUT2D eigenvalue weighted by atomic mass is 9.96. The molecule has 1 aliphatic carbocycles. The molecule has 1 aromatic carbocycles. The third kappa shape index (κ3) is 7.17. The molecule has 0 bridgehead atoms. The van der Waals surface area contributed by atoms with E-state index in [-0.39, 0.29) is 17.0 Å². The molecule has 0 atom stereocenters. The zero-order valence-corrected chi connectivity index (χ0v) is 17.6. The van der Waals surface area contributed by atoms with E-state index in [9.17, 15) is 13.2 Å². The molecule has 1 heterocycles. The zero-order valence-electron chi connectivity index (χ0n) is 16.8. The van der Waals surface area contributed by atoms with Crippen molar-refractivity contribution in [1.29, 1.82) is 0 Å². The number of likely N-dealkylation sites (tertiary alicyclic amines) is 1. The molecule has 29 heavy (non-hydrogen) atoms. The second-order valence-electron chi connectivity index (χ2n) is 7.93. The normalized spacial score (nSPS) is 19.6. The van der Waals surface area contributed by atoms with Gasteiger partial charge in [-0.1, -0.05) is 19.3 Å². The number of amides is 2. The number of nitrogens with one attached hydrogen (secondary N) is 2. The Morgan fingerprint density at radius 2 is 1.59 bits per heavy atom. The molecule has 1 saturated carbocycles. The van der Waals surface area contributed by atoms with Crippen LogP contribution in [0.15, 0.2) is 29.2 Å². The molecule has 0 unspecified atom stereocenters. The predicted octanol–water partition coefficient (Wildman–Crippen LogP) is 1.81. The molecule has 2 aliphatic rings. The quantitative estimate of drug-likeness (QED) is 0.618. The Morgan fingerprint density at radius 1 is 1.00 bits per heavy atom. The van der Waals surface area contributed by atoms with Gasteiger partial charge in [-0.25, -0.2) is 18.4 Å². The molecule has 1 aromatic rings. The van der Waals surface area contributed by atoms with Crippen LogP contribution in [0.1, 0.15) is 44.9 Å². The van der Waals surface area contributed by atoms with Gasteiger partial charge >= 0.3 is 6.03 Å². The molecule has 2 fully saturated rings. The molecule has 0 aromatic heterocycles. The van der Waals surface area contributed by atoms with Crippen molar-refractivity contribution in [3.8, 4) is 5.75 Å². The Balaban J connectivity index is 1.31. The van der Waals surface area contributed by atoms with Crippen LogP contribution in [0.3, 0.4) is 0 Å². The maximum atomic E-state index is 12.2. The van der Waals surface area contributed by atoms with Crippen molar-refractivity contribution >= 4 is 16.1 Å². The van der Waals surface area contributed by atoms with Crippen LogP contribution >= 0.6 is 0 Å². The number of hydrogen-bond donors (Lipinski definition) is 3. The Bertz CT molecular complexity index is 755. The topological polar surface area (TPSA) is 114 Å². The highest BCUT2D eigenvalue weighted by Crippen LogP contribution is 2.18. The van der Waals surface area contributed by atoms with E-state index in [1.165, 1.54) is 31.4 Å². The molecule has 2 amide bonds. The Morgan fingerprint density at radius 3 is 2.17 bits per heavy atom. The molecule has 4 N–H and O–H groups in total. The van der Waals surface area contributed by atoms with Gasteiger partial charge in [-0.15, -0.1) is 0 Å². The van der Waals surface area contributed by atoms with Crippen molar-refractivity contribution in [2.75, 3.05) is 26.2 Å². The number of sulfonamides is 1. The molecule has 8 nitrogen and oxygen atoms in total. The summed E-state index contributed by atoms with van der Waals surface area (Å²) < 4.78 is 28.2. The van der Waals surface area contributed by atoms with Gasteiger partial charge in [-0.2, -0.15) is 0 Å². The lowest BCUT2D eigenvalue weighted by Crippen LogP contribution is -2.50. The molecule has 162 valence electrons. The number of rotatable bonds is 7. The van der Waals surface area contributed by atoms with Crippen molar-refractivity contribution in [2.45, 2.75) is 61.9 Å². The van der Waals surface area contributed by atoms with Gasteiger partial charge in [0, 0.05) is 31.7 Å². The molecule has 3 rings (SSSR count). The summed E-state index contributed by atoms with van der Waals surface area (Å²) >= 11 is 0. The van der Waals surface area contributed by atoms with Crippen molar-refractivity contribution in [1.82, 2.24) is 15.5 Å². The largest absolute Gasteiger partial charge is 0.492 e. The summed E-state index contributed by atoms with van der Waals surface area (Å²) in [6, 6.07) is 6.64. The van der Waals surface area contributed by atoms with Crippen molar-refractivity contribution in [2.24, 2.45) is 5.14 Å². The number of primary sulfonamides is 1. The van der Waals surface area contributed by atoms with Gasteiger partial charge in [0.1, 0.15) is 12.4 Å². The number of carbonyl (C=O) groups excluding carboxylic acids is 1. The Kier molecular flexibility index (Phi) is 7.74. The maximum absolute atomic E-state index is 12.2. The highest BCUT2D eigenvalue weighted by Gasteiger charge is 2.22. The summed E-state index contributed by atoms with van der Waals surface area (Å²) in [5.74, 6) is 0.619. The summed E-state index contributed by atoms with van der Waals surface area (Å²) in [5, 5.41) is 11.3. The molecular formula is C20H32N4O4S. The molecule has 0 radical (unpaired) electrons. The second kappa shape index (κ2) is 10.3. The highest BCUT2D eigenvalue weighted by atomic mass is 32.2. The van der Waals surface area contributed by atoms with E-state index in [0.717, 1.165) is 45.3 Å². The maximum Gasteiger partial charge on any atom is 0.315 e. The van der Waals surface area contributed by atoms with Crippen molar-refractivity contribution in [3.05, 3.63) is 24.3 Å². The fourth-order valence-corrected chi connectivity index (χ4v) is 4.49. The van der Waals surface area contributed by atoms with E-state index in [4.69, 9.17) is 9.88 Å². The summed E-state index contributed by atoms with van der Waals surface area (Å²) in [6.07, 6.45) is 7.75. The first-order valence-corrected chi connectivity index (χ1v) is 12.0. The number of benzene rings is 1. The number of nitrogens with two attached hydrogens (primary N) is 1. The first-order valence-electron chi connectivity index (χ1n) is 10.5. The van der Waals surface area contributed by atoms with Crippen LogP contribution in [0.2, 0.25) is 0 Å². The number of urea groups is 1. The van der Waals surface area contributed by atoms with E-state index in [2.05, 4.69) is 15.5 Å². The van der Waals surface area contributed by atoms with Crippen molar-refractivity contribution in [3.63, 3.8) is 0 Å². The molecule has 1 aliphatic heterocycles. The summed E-state index contributed by atoms with van der Waals surface area (Å²) in [6.45, 7) is 3.15. The summed E-state index contributed by atoms with van der Waals surface area (Å²) in [7, 11) is -3.68. The minimum Gasteiger partial charge on any atom is -0.492 e. The molecule has 9 heteroatoms. The first-order chi connectivity index (χ1) is 13.9. The molecular weight excluding hydrogens is 392 g/mol. The predicted molar refractivity (Wildman–Crippen MR) is 111 cm³/mol. The highest BCUT2D eigenvalue weighted by molar-refractivity contribution is 7.89. The van der Waals surface area contributed by atoms with Crippen molar-refractivity contribution < 1.29 is 17.9 Å². The van der Waals surface area contributed by atoms with Crippen LogP contribution in [0.25, 0.3) is 0 Å². The number of carbonyl (C=O) groups is 1. The smallest absolute Gasteiger partial charge is 0.315 e. The molecule has 0 spiro atoms. The Labute approximate surface area is 173 Å². The van der Waals surface area contributed by atoms with Crippen LogP contribution in [0.4, 0.5) is 4.79 Å². The molecule has 1 saturated heterocycles. The standard InChI is InChI=1S/C20H32N4O4S/c21-29(26,27)19-8-6-18(7-9-19)28-15-14-24-12-10-17(11-13-24)23-20(25)22-16-4-2-1-3-5-16/h6-9,16-17H,1-5,10-15H2,(H2,21,26,27)(H2,22,23,25). The fraction of sp³-hybridized carbons (Fsp3) is 0.650. The van der Waals surface area contributed by atoms with E-state index in [1.807, 2.05) is 0 Å². The van der Waals surface area contributed by atoms with Gasteiger partial charge in [0.15, 0.2) is 0 Å². The average molecular weight is 425 g/mol. The van der Waals surface area contributed by atoms with Crippen LogP contribution < -0.4 is 20.5 Å². The van der Waals surface area contributed by atoms with Gasteiger partial charge in [0.25, 0.3) is 0 Å². The lowest BCUT2D eigenvalue weighted by molar-refractivity contribution is 0.163. The fourth-order valence-electron chi connectivity index (χ4n) is 3.98. The number of hydrogen-bond acceptors (Lipinski definition) is 5. The third-order valence-electron chi connectivity index (χ3n) is 5.69. The number of piperidine rings is 1. The van der Waals surface area contributed by atoms with Crippen LogP contribution in [0.5, 0.6) is 5.75 Å².